The maximum atomic E-state index is 11.7. The van der Waals surface area contributed by atoms with Crippen molar-refractivity contribution in [1.82, 2.24) is 31.3 Å². The molecule has 0 aromatic carbocycles. The summed E-state index contributed by atoms with van der Waals surface area (Å²) in [6, 6.07) is 0. The lowest BCUT2D eigenvalue weighted by atomic mass is 10.1. The van der Waals surface area contributed by atoms with Crippen LogP contribution in [0.2, 0.25) is 0 Å². The molecule has 0 radical (unpaired) electrons. The molecule has 1 heterocycles. The van der Waals surface area contributed by atoms with Crippen LogP contribution in [0, 0.1) is 5.92 Å². The number of rotatable bonds is 6. The van der Waals surface area contributed by atoms with Gasteiger partial charge >= 0.3 is 0 Å². The van der Waals surface area contributed by atoms with Crippen molar-refractivity contribution in [2.75, 3.05) is 6.54 Å². The van der Waals surface area contributed by atoms with E-state index in [9.17, 15) is 9.59 Å². The molecule has 1 aromatic rings. The molecule has 1 fully saturated rings. The second-order valence-electron chi connectivity index (χ2n) is 4.63. The highest BCUT2D eigenvalue weighted by Gasteiger charge is 2.22. The molecule has 0 atom stereocenters. The van der Waals surface area contributed by atoms with Gasteiger partial charge in [0.15, 0.2) is 5.82 Å². The van der Waals surface area contributed by atoms with E-state index < -0.39 is 0 Å². The Bertz CT molecular complexity index is 413. The molecule has 3 N–H and O–H groups in total. The molecule has 1 saturated carbocycles. The number of carbonyl (C=O) groups is 2. The van der Waals surface area contributed by atoms with E-state index in [0.29, 0.717) is 12.4 Å². The summed E-state index contributed by atoms with van der Waals surface area (Å²) in [5, 5.41) is 18.6. The minimum atomic E-state index is -0.142. The van der Waals surface area contributed by atoms with Crippen LogP contribution in [0.4, 0.5) is 0 Å². The summed E-state index contributed by atoms with van der Waals surface area (Å²) >= 11 is 0. The van der Waals surface area contributed by atoms with Crippen molar-refractivity contribution in [2.24, 2.45) is 5.92 Å². The molecule has 0 bridgehead atoms. The Balaban J connectivity index is 1.57. The maximum Gasteiger partial charge on any atom is 0.223 e. The van der Waals surface area contributed by atoms with Gasteiger partial charge < -0.3 is 10.6 Å². The van der Waals surface area contributed by atoms with Gasteiger partial charge in [-0.05, 0) is 12.8 Å². The second kappa shape index (κ2) is 6.81. The van der Waals surface area contributed by atoms with E-state index >= 15 is 0 Å². The number of carbonyl (C=O) groups excluding carboxylic acids is 2. The topological polar surface area (TPSA) is 113 Å². The summed E-state index contributed by atoms with van der Waals surface area (Å²) < 4.78 is 0. The number of hydrogen-bond acceptors (Lipinski definition) is 5. The first-order valence-corrected chi connectivity index (χ1v) is 6.52. The van der Waals surface area contributed by atoms with E-state index in [-0.39, 0.29) is 30.7 Å². The third-order valence-electron chi connectivity index (χ3n) is 3.21. The molecule has 0 aliphatic heterocycles. The fourth-order valence-electron chi connectivity index (χ4n) is 2.15. The van der Waals surface area contributed by atoms with Crippen LogP contribution in [-0.4, -0.2) is 39.0 Å². The average molecular weight is 266 g/mol. The van der Waals surface area contributed by atoms with Crippen molar-refractivity contribution in [3.8, 4) is 0 Å². The normalized spacial score (nSPS) is 15.4. The van der Waals surface area contributed by atoms with Crippen molar-refractivity contribution in [3.63, 3.8) is 0 Å². The number of nitrogens with zero attached hydrogens (tertiary/aromatic N) is 3. The predicted molar refractivity (Wildman–Crippen MR) is 65.6 cm³/mol. The van der Waals surface area contributed by atoms with E-state index in [2.05, 4.69) is 31.3 Å². The highest BCUT2D eigenvalue weighted by atomic mass is 16.2. The molecule has 19 heavy (non-hydrogen) atoms. The fraction of sp³-hybridized carbons (Fsp3) is 0.727. The van der Waals surface area contributed by atoms with E-state index in [0.717, 1.165) is 25.7 Å². The molecule has 2 rings (SSSR count). The van der Waals surface area contributed by atoms with E-state index in [1.807, 2.05) is 0 Å². The van der Waals surface area contributed by atoms with Crippen molar-refractivity contribution in [2.45, 2.75) is 38.6 Å². The quantitative estimate of drug-likeness (QED) is 0.643. The van der Waals surface area contributed by atoms with Crippen molar-refractivity contribution >= 4 is 11.8 Å². The summed E-state index contributed by atoms with van der Waals surface area (Å²) in [6.07, 6.45) is 4.45. The number of nitrogens with one attached hydrogen (secondary N) is 3. The largest absolute Gasteiger partial charge is 0.355 e. The zero-order valence-corrected chi connectivity index (χ0v) is 10.7. The zero-order valence-electron chi connectivity index (χ0n) is 10.7. The molecule has 1 aromatic heterocycles. The van der Waals surface area contributed by atoms with Crippen molar-refractivity contribution in [3.05, 3.63) is 5.82 Å². The number of amides is 2. The van der Waals surface area contributed by atoms with Crippen LogP contribution in [-0.2, 0) is 16.1 Å². The number of tetrazole rings is 1. The Morgan fingerprint density at radius 1 is 1.26 bits per heavy atom. The molecule has 0 unspecified atom stereocenters. The lowest BCUT2D eigenvalue weighted by Crippen LogP contribution is -2.33. The third kappa shape index (κ3) is 4.31. The molecule has 8 nitrogen and oxygen atoms in total. The maximum absolute atomic E-state index is 11.7. The van der Waals surface area contributed by atoms with Crippen LogP contribution >= 0.6 is 0 Å². The Morgan fingerprint density at radius 2 is 2.05 bits per heavy atom. The number of aromatic amines is 1. The molecule has 104 valence electrons. The first kappa shape index (κ1) is 13.4. The highest BCUT2D eigenvalue weighted by molar-refractivity contribution is 5.80. The summed E-state index contributed by atoms with van der Waals surface area (Å²) in [5.74, 6) is 0.505. The van der Waals surface area contributed by atoms with E-state index in [4.69, 9.17) is 0 Å². The van der Waals surface area contributed by atoms with Gasteiger partial charge in [0.25, 0.3) is 0 Å². The SMILES string of the molecule is O=C(CCNC(=O)C1CCCC1)NCc1nn[nH]n1. The minimum Gasteiger partial charge on any atom is -0.355 e. The highest BCUT2D eigenvalue weighted by Crippen LogP contribution is 2.24. The van der Waals surface area contributed by atoms with Gasteiger partial charge in [-0.25, -0.2) is 0 Å². The summed E-state index contributed by atoms with van der Waals surface area (Å²) in [6.45, 7) is 0.610. The molecule has 1 aliphatic carbocycles. The van der Waals surface area contributed by atoms with Gasteiger partial charge in [-0.1, -0.05) is 18.1 Å². The van der Waals surface area contributed by atoms with Gasteiger partial charge in [0.05, 0.1) is 6.54 Å². The van der Waals surface area contributed by atoms with Crippen molar-refractivity contribution < 1.29 is 9.59 Å². The fourth-order valence-corrected chi connectivity index (χ4v) is 2.15. The second-order valence-corrected chi connectivity index (χ2v) is 4.63. The summed E-state index contributed by atoms with van der Waals surface area (Å²) in [4.78, 5) is 23.2. The molecule has 0 spiro atoms. The van der Waals surface area contributed by atoms with Gasteiger partial charge in [0.1, 0.15) is 0 Å². The molecule has 0 saturated heterocycles. The first-order valence-electron chi connectivity index (χ1n) is 6.52. The van der Waals surface area contributed by atoms with E-state index in [1.54, 1.807) is 0 Å². The van der Waals surface area contributed by atoms with Crippen LogP contribution in [0.15, 0.2) is 0 Å². The summed E-state index contributed by atoms with van der Waals surface area (Å²) in [7, 11) is 0. The number of aromatic nitrogens is 4. The van der Waals surface area contributed by atoms with Gasteiger partial charge in [-0.15, -0.1) is 10.2 Å². The van der Waals surface area contributed by atoms with E-state index in [1.165, 1.54) is 0 Å². The van der Waals surface area contributed by atoms with Crippen LogP contribution in [0.25, 0.3) is 0 Å². The zero-order chi connectivity index (χ0) is 13.5. The Kier molecular flexibility index (Phi) is 4.82. The van der Waals surface area contributed by atoms with Gasteiger partial charge in [-0.3, -0.25) is 9.59 Å². The van der Waals surface area contributed by atoms with Crippen LogP contribution in [0.3, 0.4) is 0 Å². The van der Waals surface area contributed by atoms with Gasteiger partial charge in [0, 0.05) is 18.9 Å². The molecule has 2 amide bonds. The molecule has 1 aliphatic rings. The Hall–Kier alpha value is -1.99. The van der Waals surface area contributed by atoms with Crippen molar-refractivity contribution in [1.29, 1.82) is 0 Å². The van der Waals surface area contributed by atoms with Gasteiger partial charge in [-0.2, -0.15) is 5.21 Å². The lowest BCUT2D eigenvalue weighted by Gasteiger charge is -2.09. The third-order valence-corrected chi connectivity index (χ3v) is 3.21. The molecular formula is C11H18N6O2. The average Bonchev–Trinajstić information content (AvgIpc) is 3.09. The monoisotopic (exact) mass is 266 g/mol. The number of H-pyrrole nitrogens is 1. The minimum absolute atomic E-state index is 0.0727. The smallest absolute Gasteiger partial charge is 0.223 e. The van der Waals surface area contributed by atoms with Crippen LogP contribution < -0.4 is 10.6 Å². The molecular weight excluding hydrogens is 248 g/mol. The lowest BCUT2D eigenvalue weighted by molar-refractivity contribution is -0.125. The molecule has 8 heteroatoms. The van der Waals surface area contributed by atoms with Crippen LogP contribution in [0.1, 0.15) is 37.9 Å². The summed E-state index contributed by atoms with van der Waals surface area (Å²) in [5.41, 5.74) is 0. The predicted octanol–water partition coefficient (Wildman–Crippen LogP) is -0.488. The van der Waals surface area contributed by atoms with Crippen LogP contribution in [0.5, 0.6) is 0 Å². The Labute approximate surface area is 110 Å². The standard InChI is InChI=1S/C11H18N6O2/c18-10(13-7-9-14-16-17-15-9)5-6-12-11(19)8-3-1-2-4-8/h8H,1-7H2,(H,12,19)(H,13,18)(H,14,15,16,17). The van der Waals surface area contributed by atoms with Gasteiger partial charge in [0.2, 0.25) is 11.8 Å². The first-order chi connectivity index (χ1) is 9.25. The Morgan fingerprint density at radius 3 is 2.74 bits per heavy atom. The number of hydrogen-bond donors (Lipinski definition) is 3.